The average Bonchev–Trinajstić information content (AvgIpc) is 2.27. The zero-order valence-corrected chi connectivity index (χ0v) is 10.5. The quantitative estimate of drug-likeness (QED) is 0.742. The fourth-order valence-corrected chi connectivity index (χ4v) is 1.98. The molecular formula is C12H23NO3. The van der Waals surface area contributed by atoms with E-state index in [1.807, 2.05) is 13.8 Å². The van der Waals surface area contributed by atoms with E-state index in [2.05, 4.69) is 0 Å². The minimum atomic E-state index is -0.591. The molecule has 0 aromatic heterocycles. The lowest BCUT2D eigenvalue weighted by atomic mass is 9.91. The molecule has 0 radical (unpaired) electrons. The summed E-state index contributed by atoms with van der Waals surface area (Å²) in [6.07, 6.45) is 4.46. The van der Waals surface area contributed by atoms with Crippen molar-refractivity contribution in [3.05, 3.63) is 0 Å². The van der Waals surface area contributed by atoms with Gasteiger partial charge in [-0.25, -0.2) is 0 Å². The summed E-state index contributed by atoms with van der Waals surface area (Å²) in [4.78, 5) is 11.5. The van der Waals surface area contributed by atoms with Crippen molar-refractivity contribution in [2.24, 2.45) is 11.1 Å². The molecule has 16 heavy (non-hydrogen) atoms. The van der Waals surface area contributed by atoms with E-state index in [9.17, 15) is 4.79 Å². The molecule has 2 atom stereocenters. The molecule has 1 rings (SSSR count). The summed E-state index contributed by atoms with van der Waals surface area (Å²) in [6, 6.07) is 0.113. The predicted octanol–water partition coefficient (Wildman–Crippen LogP) is 1.47. The van der Waals surface area contributed by atoms with Crippen molar-refractivity contribution in [2.45, 2.75) is 51.7 Å². The van der Waals surface area contributed by atoms with E-state index in [4.69, 9.17) is 15.2 Å². The molecule has 2 N–H and O–H groups in total. The molecule has 0 aromatic rings. The van der Waals surface area contributed by atoms with Crippen molar-refractivity contribution in [1.82, 2.24) is 0 Å². The summed E-state index contributed by atoms with van der Waals surface area (Å²) >= 11 is 0. The van der Waals surface area contributed by atoms with E-state index in [1.54, 1.807) is 0 Å². The Morgan fingerprint density at radius 2 is 2.00 bits per heavy atom. The number of hydrogen-bond acceptors (Lipinski definition) is 4. The van der Waals surface area contributed by atoms with Crippen LogP contribution in [-0.4, -0.2) is 31.8 Å². The van der Waals surface area contributed by atoms with Gasteiger partial charge in [-0.15, -0.1) is 0 Å². The second-order valence-corrected chi connectivity index (χ2v) is 5.17. The minimum Gasteiger partial charge on any atom is -0.469 e. The standard InChI is InChI=1S/C12H23NO3/c1-12(2,11(14)15-3)8-16-10-7-5-4-6-9(10)13/h9-10H,4-8,13H2,1-3H3. The highest BCUT2D eigenvalue weighted by Gasteiger charge is 2.32. The third kappa shape index (κ3) is 3.46. The molecule has 94 valence electrons. The number of methoxy groups -OCH3 is 1. The fourth-order valence-electron chi connectivity index (χ4n) is 1.98. The van der Waals surface area contributed by atoms with E-state index in [-0.39, 0.29) is 18.1 Å². The molecule has 0 spiro atoms. The highest BCUT2D eigenvalue weighted by Crippen LogP contribution is 2.24. The SMILES string of the molecule is COC(=O)C(C)(C)COC1CCCCC1N. The van der Waals surface area contributed by atoms with E-state index < -0.39 is 5.41 Å². The molecule has 0 saturated heterocycles. The lowest BCUT2D eigenvalue weighted by Crippen LogP contribution is -2.42. The number of esters is 1. The first-order chi connectivity index (χ1) is 7.47. The first-order valence-electron chi connectivity index (χ1n) is 5.93. The first kappa shape index (κ1) is 13.5. The van der Waals surface area contributed by atoms with Crippen LogP contribution in [0.1, 0.15) is 39.5 Å². The average molecular weight is 229 g/mol. The molecule has 0 bridgehead atoms. The molecule has 2 unspecified atom stereocenters. The molecule has 0 heterocycles. The lowest BCUT2D eigenvalue weighted by molar-refractivity contribution is -0.156. The molecule has 0 amide bonds. The van der Waals surface area contributed by atoms with Crippen LogP contribution < -0.4 is 5.73 Å². The number of ether oxygens (including phenoxy) is 2. The Balaban J connectivity index is 2.40. The van der Waals surface area contributed by atoms with Gasteiger partial charge in [0.15, 0.2) is 0 Å². The second-order valence-electron chi connectivity index (χ2n) is 5.17. The summed E-state index contributed by atoms with van der Waals surface area (Å²) in [7, 11) is 1.40. The molecule has 4 nitrogen and oxygen atoms in total. The van der Waals surface area contributed by atoms with Gasteiger partial charge in [-0.2, -0.15) is 0 Å². The van der Waals surface area contributed by atoms with E-state index in [1.165, 1.54) is 13.5 Å². The van der Waals surface area contributed by atoms with Gasteiger partial charge in [-0.3, -0.25) is 4.79 Å². The van der Waals surface area contributed by atoms with Gasteiger partial charge in [-0.05, 0) is 26.7 Å². The molecule has 1 aliphatic carbocycles. The van der Waals surface area contributed by atoms with Crippen molar-refractivity contribution >= 4 is 5.97 Å². The molecule has 1 fully saturated rings. The van der Waals surface area contributed by atoms with Gasteiger partial charge in [0.1, 0.15) is 0 Å². The molecule has 0 aromatic carbocycles. The number of carbonyl (C=O) groups is 1. The second kappa shape index (κ2) is 5.64. The Kier molecular flexibility index (Phi) is 4.74. The van der Waals surface area contributed by atoms with Crippen molar-refractivity contribution in [2.75, 3.05) is 13.7 Å². The van der Waals surface area contributed by atoms with Gasteiger partial charge < -0.3 is 15.2 Å². The highest BCUT2D eigenvalue weighted by molar-refractivity contribution is 5.75. The first-order valence-corrected chi connectivity index (χ1v) is 5.93. The molecule has 0 aliphatic heterocycles. The Morgan fingerprint density at radius 3 is 2.56 bits per heavy atom. The van der Waals surface area contributed by atoms with Crippen LogP contribution in [0.2, 0.25) is 0 Å². The largest absolute Gasteiger partial charge is 0.469 e. The van der Waals surface area contributed by atoms with E-state index in [0.717, 1.165) is 19.3 Å². The predicted molar refractivity (Wildman–Crippen MR) is 62.0 cm³/mol. The van der Waals surface area contributed by atoms with Crippen molar-refractivity contribution in [3.63, 3.8) is 0 Å². The van der Waals surface area contributed by atoms with Crippen LogP contribution in [0.4, 0.5) is 0 Å². The lowest BCUT2D eigenvalue weighted by Gasteiger charge is -2.31. The normalized spacial score (nSPS) is 26.5. The van der Waals surface area contributed by atoms with Gasteiger partial charge in [0.25, 0.3) is 0 Å². The topological polar surface area (TPSA) is 61.5 Å². The maximum absolute atomic E-state index is 11.5. The van der Waals surface area contributed by atoms with Crippen molar-refractivity contribution in [3.8, 4) is 0 Å². The van der Waals surface area contributed by atoms with Crippen molar-refractivity contribution in [1.29, 1.82) is 0 Å². The van der Waals surface area contributed by atoms with E-state index in [0.29, 0.717) is 6.61 Å². The molecular weight excluding hydrogens is 206 g/mol. The summed E-state index contributed by atoms with van der Waals surface area (Å²) in [5, 5.41) is 0. The summed E-state index contributed by atoms with van der Waals surface area (Å²) < 4.78 is 10.5. The Hall–Kier alpha value is -0.610. The van der Waals surface area contributed by atoms with Gasteiger partial charge in [0.05, 0.1) is 25.2 Å². The number of nitrogens with two attached hydrogens (primary N) is 1. The molecule has 1 saturated carbocycles. The summed E-state index contributed by atoms with van der Waals surface area (Å²) in [6.45, 7) is 4.03. The third-order valence-electron chi connectivity index (χ3n) is 3.15. The van der Waals surface area contributed by atoms with Crippen LogP contribution in [0.5, 0.6) is 0 Å². The Labute approximate surface area is 97.5 Å². The highest BCUT2D eigenvalue weighted by atomic mass is 16.5. The number of carbonyl (C=O) groups excluding carboxylic acids is 1. The molecule has 4 heteroatoms. The zero-order valence-electron chi connectivity index (χ0n) is 10.5. The summed E-state index contributed by atoms with van der Waals surface area (Å²) in [5.74, 6) is -0.239. The fraction of sp³-hybridized carbons (Fsp3) is 0.917. The maximum atomic E-state index is 11.5. The van der Waals surface area contributed by atoms with E-state index >= 15 is 0 Å². The van der Waals surface area contributed by atoms with Gasteiger partial charge in [0, 0.05) is 6.04 Å². The van der Waals surface area contributed by atoms with Crippen LogP contribution in [0, 0.1) is 5.41 Å². The number of hydrogen-bond donors (Lipinski definition) is 1. The van der Waals surface area contributed by atoms with Crippen molar-refractivity contribution < 1.29 is 14.3 Å². The Bertz CT molecular complexity index is 240. The van der Waals surface area contributed by atoms with Gasteiger partial charge >= 0.3 is 5.97 Å². The van der Waals surface area contributed by atoms with Crippen LogP contribution in [0.25, 0.3) is 0 Å². The van der Waals surface area contributed by atoms with Gasteiger partial charge in [0.2, 0.25) is 0 Å². The monoisotopic (exact) mass is 229 g/mol. The van der Waals surface area contributed by atoms with Crippen LogP contribution >= 0.6 is 0 Å². The van der Waals surface area contributed by atoms with Crippen LogP contribution in [0.3, 0.4) is 0 Å². The maximum Gasteiger partial charge on any atom is 0.313 e. The summed E-state index contributed by atoms with van der Waals surface area (Å²) in [5.41, 5.74) is 5.38. The zero-order chi connectivity index (χ0) is 12.2. The smallest absolute Gasteiger partial charge is 0.313 e. The number of rotatable bonds is 4. The van der Waals surface area contributed by atoms with Crippen LogP contribution in [-0.2, 0) is 14.3 Å². The molecule has 1 aliphatic rings. The van der Waals surface area contributed by atoms with Gasteiger partial charge in [-0.1, -0.05) is 12.8 Å². The third-order valence-corrected chi connectivity index (χ3v) is 3.15. The van der Waals surface area contributed by atoms with Crippen LogP contribution in [0.15, 0.2) is 0 Å². The minimum absolute atomic E-state index is 0.0951. The Morgan fingerprint density at radius 1 is 1.38 bits per heavy atom.